The normalized spacial score (nSPS) is 14.1. The molecule has 0 spiro atoms. The zero-order chi connectivity index (χ0) is 17.4. The van der Waals surface area contributed by atoms with Gasteiger partial charge in [-0.3, -0.25) is 4.90 Å². The summed E-state index contributed by atoms with van der Waals surface area (Å²) in [6.07, 6.45) is 0.112. The molecule has 2 rings (SSSR count). The molecule has 2 aromatic carbocycles. The third-order valence-electron chi connectivity index (χ3n) is 4.27. The molecule has 0 saturated heterocycles. The summed E-state index contributed by atoms with van der Waals surface area (Å²) >= 11 is 0. The molecule has 24 heavy (non-hydrogen) atoms. The Morgan fingerprint density at radius 1 is 0.833 bits per heavy atom. The van der Waals surface area contributed by atoms with Gasteiger partial charge in [0.2, 0.25) is 0 Å². The molecule has 3 nitrogen and oxygen atoms in total. The van der Waals surface area contributed by atoms with Crippen LogP contribution in [0.15, 0.2) is 60.7 Å². The molecule has 0 amide bonds. The molecule has 2 aromatic rings. The van der Waals surface area contributed by atoms with Gasteiger partial charge in [0.05, 0.1) is 12.7 Å². The second kappa shape index (κ2) is 9.58. The highest BCUT2D eigenvalue weighted by Crippen LogP contribution is 2.21. The molecular formula is C21H29NO2. The van der Waals surface area contributed by atoms with Crippen molar-refractivity contribution in [2.45, 2.75) is 45.5 Å². The second-order valence-corrected chi connectivity index (χ2v) is 6.82. The minimum atomic E-state index is -0.736. The van der Waals surface area contributed by atoms with Crippen molar-refractivity contribution >= 4 is 0 Å². The Balaban J connectivity index is 2.24. The first-order valence-electron chi connectivity index (χ1n) is 8.71. The van der Waals surface area contributed by atoms with Gasteiger partial charge in [-0.15, -0.1) is 0 Å². The lowest BCUT2D eigenvalue weighted by Crippen LogP contribution is -2.45. The molecule has 0 fully saturated rings. The van der Waals surface area contributed by atoms with Gasteiger partial charge in [0, 0.05) is 19.1 Å². The minimum Gasteiger partial charge on any atom is -0.394 e. The van der Waals surface area contributed by atoms with Crippen LogP contribution in [0.2, 0.25) is 0 Å². The van der Waals surface area contributed by atoms with Gasteiger partial charge in [0.15, 0.2) is 0 Å². The van der Waals surface area contributed by atoms with E-state index in [0.717, 1.165) is 19.5 Å². The van der Waals surface area contributed by atoms with Crippen molar-refractivity contribution in [1.82, 2.24) is 4.90 Å². The first-order valence-corrected chi connectivity index (χ1v) is 8.71. The Labute approximate surface area is 145 Å². The molecule has 0 radical (unpaired) electrons. The van der Waals surface area contributed by atoms with E-state index in [-0.39, 0.29) is 12.6 Å². The maximum absolute atomic E-state index is 10.4. The first kappa shape index (κ1) is 18.7. The molecule has 2 atom stereocenters. The van der Waals surface area contributed by atoms with Crippen molar-refractivity contribution in [3.63, 3.8) is 0 Å². The molecule has 0 aliphatic carbocycles. The van der Waals surface area contributed by atoms with Gasteiger partial charge in [0.1, 0.15) is 0 Å². The molecule has 2 unspecified atom stereocenters. The molecule has 3 heteroatoms. The van der Waals surface area contributed by atoms with E-state index in [1.807, 2.05) is 36.4 Å². The number of hydrogen-bond donors (Lipinski definition) is 2. The van der Waals surface area contributed by atoms with E-state index in [9.17, 15) is 10.2 Å². The van der Waals surface area contributed by atoms with E-state index in [1.165, 1.54) is 11.1 Å². The van der Waals surface area contributed by atoms with E-state index >= 15 is 0 Å². The summed E-state index contributed by atoms with van der Waals surface area (Å²) in [7, 11) is 0. The monoisotopic (exact) mass is 327 g/mol. The predicted octanol–water partition coefficient (Wildman–Crippen LogP) is 3.46. The van der Waals surface area contributed by atoms with Crippen LogP contribution in [-0.2, 0) is 13.1 Å². The SMILES string of the molecule is CC(C)CC(C(O)CO)N(Cc1ccccc1)Cc1ccccc1. The van der Waals surface area contributed by atoms with Crippen LogP contribution in [0.25, 0.3) is 0 Å². The highest BCUT2D eigenvalue weighted by Gasteiger charge is 2.26. The van der Waals surface area contributed by atoms with Crippen LogP contribution in [0.3, 0.4) is 0 Å². The summed E-state index contributed by atoms with van der Waals surface area (Å²) in [5.41, 5.74) is 2.43. The summed E-state index contributed by atoms with van der Waals surface area (Å²) < 4.78 is 0. The van der Waals surface area contributed by atoms with Crippen molar-refractivity contribution in [2.75, 3.05) is 6.61 Å². The largest absolute Gasteiger partial charge is 0.394 e. The standard InChI is InChI=1S/C21H29NO2/c1-17(2)13-20(21(24)16-23)22(14-18-9-5-3-6-10-18)15-19-11-7-4-8-12-19/h3-12,17,20-21,23-24H,13-16H2,1-2H3. The molecule has 0 heterocycles. The fraction of sp³-hybridized carbons (Fsp3) is 0.429. The highest BCUT2D eigenvalue weighted by atomic mass is 16.3. The Bertz CT molecular complexity index is 529. The predicted molar refractivity (Wildman–Crippen MR) is 98.5 cm³/mol. The molecule has 0 bridgehead atoms. The van der Waals surface area contributed by atoms with Crippen molar-refractivity contribution in [1.29, 1.82) is 0 Å². The van der Waals surface area contributed by atoms with Gasteiger partial charge in [-0.25, -0.2) is 0 Å². The van der Waals surface area contributed by atoms with E-state index in [0.29, 0.717) is 5.92 Å². The van der Waals surface area contributed by atoms with E-state index < -0.39 is 6.10 Å². The minimum absolute atomic E-state index is 0.0737. The van der Waals surface area contributed by atoms with E-state index in [4.69, 9.17) is 0 Å². The summed E-state index contributed by atoms with van der Waals surface area (Å²) in [4.78, 5) is 2.28. The van der Waals surface area contributed by atoms with Crippen LogP contribution in [0.1, 0.15) is 31.4 Å². The molecule has 2 N–H and O–H groups in total. The molecule has 0 aromatic heterocycles. The average molecular weight is 327 g/mol. The maximum atomic E-state index is 10.4. The van der Waals surface area contributed by atoms with Gasteiger partial charge < -0.3 is 10.2 Å². The number of benzene rings is 2. The van der Waals surface area contributed by atoms with E-state index in [1.54, 1.807) is 0 Å². The lowest BCUT2D eigenvalue weighted by Gasteiger charge is -2.35. The van der Waals surface area contributed by atoms with Crippen molar-refractivity contribution < 1.29 is 10.2 Å². The van der Waals surface area contributed by atoms with Gasteiger partial charge in [-0.2, -0.15) is 0 Å². The zero-order valence-corrected chi connectivity index (χ0v) is 14.7. The smallest absolute Gasteiger partial charge is 0.0925 e. The average Bonchev–Trinajstić information content (AvgIpc) is 2.60. The Hall–Kier alpha value is -1.68. The maximum Gasteiger partial charge on any atom is 0.0925 e. The topological polar surface area (TPSA) is 43.7 Å². The second-order valence-electron chi connectivity index (χ2n) is 6.82. The van der Waals surface area contributed by atoms with Gasteiger partial charge >= 0.3 is 0 Å². The van der Waals surface area contributed by atoms with E-state index in [2.05, 4.69) is 43.0 Å². The number of hydrogen-bond acceptors (Lipinski definition) is 3. The third-order valence-corrected chi connectivity index (χ3v) is 4.27. The Kier molecular flexibility index (Phi) is 7.44. The van der Waals surface area contributed by atoms with Gasteiger partial charge in [-0.1, -0.05) is 74.5 Å². The summed E-state index contributed by atoms with van der Waals surface area (Å²) in [6, 6.07) is 20.5. The Morgan fingerprint density at radius 3 is 1.67 bits per heavy atom. The fourth-order valence-electron chi connectivity index (χ4n) is 3.08. The van der Waals surface area contributed by atoms with Crippen LogP contribution >= 0.6 is 0 Å². The molecule has 0 aliphatic rings. The van der Waals surface area contributed by atoms with Crippen LogP contribution in [0, 0.1) is 5.92 Å². The van der Waals surface area contributed by atoms with Crippen LogP contribution in [0.5, 0.6) is 0 Å². The van der Waals surface area contributed by atoms with Crippen LogP contribution < -0.4 is 0 Å². The summed E-state index contributed by atoms with van der Waals surface area (Å²) in [5.74, 6) is 0.449. The third kappa shape index (κ3) is 5.75. The first-order chi connectivity index (χ1) is 11.6. The van der Waals surface area contributed by atoms with Crippen molar-refractivity contribution in [3.8, 4) is 0 Å². The zero-order valence-electron chi connectivity index (χ0n) is 14.7. The van der Waals surface area contributed by atoms with Crippen molar-refractivity contribution in [2.24, 2.45) is 5.92 Å². The quantitative estimate of drug-likeness (QED) is 0.741. The molecule has 0 aliphatic heterocycles. The molecular weight excluding hydrogens is 298 g/mol. The fourth-order valence-corrected chi connectivity index (χ4v) is 3.08. The lowest BCUT2D eigenvalue weighted by molar-refractivity contribution is -0.00479. The summed E-state index contributed by atoms with van der Waals surface area (Å²) in [5, 5.41) is 19.9. The number of nitrogens with zero attached hydrogens (tertiary/aromatic N) is 1. The Morgan fingerprint density at radius 2 is 1.29 bits per heavy atom. The molecule has 130 valence electrons. The highest BCUT2D eigenvalue weighted by molar-refractivity contribution is 5.17. The number of aliphatic hydroxyl groups excluding tert-OH is 2. The van der Waals surface area contributed by atoms with Crippen molar-refractivity contribution in [3.05, 3.63) is 71.8 Å². The van der Waals surface area contributed by atoms with Gasteiger partial charge in [-0.05, 0) is 23.5 Å². The van der Waals surface area contributed by atoms with Crippen LogP contribution in [0.4, 0.5) is 0 Å². The lowest BCUT2D eigenvalue weighted by atomic mass is 9.96. The number of rotatable bonds is 9. The number of aliphatic hydroxyl groups is 2. The van der Waals surface area contributed by atoms with Gasteiger partial charge in [0.25, 0.3) is 0 Å². The molecule has 0 saturated carbocycles. The summed E-state index contributed by atoms with van der Waals surface area (Å²) in [6.45, 7) is 5.60. The van der Waals surface area contributed by atoms with Crippen LogP contribution in [-0.4, -0.2) is 33.9 Å².